The smallest absolute Gasteiger partial charge is 0.352 e. The van der Waals surface area contributed by atoms with E-state index in [1.807, 2.05) is 45.2 Å². The number of fused-ring (bicyclic) bond motifs is 2. The van der Waals surface area contributed by atoms with E-state index in [1.54, 1.807) is 13.3 Å². The van der Waals surface area contributed by atoms with Crippen LogP contribution < -0.4 is 4.74 Å². The van der Waals surface area contributed by atoms with E-state index < -0.39 is 11.8 Å². The molecule has 4 N–H and O–H groups in total. The highest BCUT2D eigenvalue weighted by atomic mass is 19.1. The van der Waals surface area contributed by atoms with E-state index >= 15 is 0 Å². The Kier molecular flexibility index (Phi) is 4.78. The maximum atomic E-state index is 14.5. The Morgan fingerprint density at radius 1 is 1.09 bits per heavy atom. The summed E-state index contributed by atoms with van der Waals surface area (Å²) in [4.78, 5) is 21.9. The second kappa shape index (κ2) is 7.55. The van der Waals surface area contributed by atoms with Crippen LogP contribution in [0.1, 0.15) is 41.4 Å². The summed E-state index contributed by atoms with van der Waals surface area (Å²) < 4.78 is 20.0. The third kappa shape index (κ3) is 3.19. The van der Waals surface area contributed by atoms with Crippen LogP contribution in [-0.4, -0.2) is 33.1 Å². The third-order valence-corrected chi connectivity index (χ3v) is 6.19. The minimum absolute atomic E-state index is 0.0443. The zero-order valence-electron chi connectivity index (χ0n) is 18.8. The number of carboxylic acid groups (broad SMARTS) is 1. The Labute approximate surface area is 189 Å². The molecule has 7 heteroatoms. The van der Waals surface area contributed by atoms with Crippen LogP contribution in [0.5, 0.6) is 5.75 Å². The van der Waals surface area contributed by atoms with Crippen LogP contribution in [0.3, 0.4) is 0 Å². The first-order chi connectivity index (χ1) is 15.8. The minimum atomic E-state index is -1.08. The van der Waals surface area contributed by atoms with Gasteiger partial charge >= 0.3 is 5.97 Å². The van der Waals surface area contributed by atoms with Crippen molar-refractivity contribution in [2.75, 3.05) is 7.11 Å². The van der Waals surface area contributed by atoms with Crippen molar-refractivity contribution in [2.24, 2.45) is 0 Å². The second-order valence-corrected chi connectivity index (χ2v) is 8.58. The summed E-state index contributed by atoms with van der Waals surface area (Å²) in [6, 6.07) is 8.52. The average Bonchev–Trinajstić information content (AvgIpc) is 3.49. The van der Waals surface area contributed by atoms with Gasteiger partial charge in [-0.05, 0) is 53.8 Å². The van der Waals surface area contributed by atoms with E-state index in [1.165, 1.54) is 12.1 Å². The number of rotatable bonds is 5. The van der Waals surface area contributed by atoms with Crippen molar-refractivity contribution in [3.8, 4) is 28.1 Å². The van der Waals surface area contributed by atoms with Crippen molar-refractivity contribution in [3.05, 3.63) is 65.4 Å². The highest BCUT2D eigenvalue weighted by Crippen LogP contribution is 2.45. The summed E-state index contributed by atoms with van der Waals surface area (Å²) in [5.74, 6) is -0.902. The SMILES string of the molecule is COc1cc(-c2c(C(=O)O)[nH]c(-c3cc(F)cc4[nH]ccc34)c2C(C)C)c2c(C)c[nH]c2c1. The lowest BCUT2D eigenvalue weighted by Gasteiger charge is -2.15. The van der Waals surface area contributed by atoms with E-state index in [4.69, 9.17) is 4.74 Å². The van der Waals surface area contributed by atoms with Gasteiger partial charge in [0.25, 0.3) is 0 Å². The molecule has 0 radical (unpaired) electrons. The lowest BCUT2D eigenvalue weighted by atomic mass is 9.88. The first-order valence-electron chi connectivity index (χ1n) is 10.7. The van der Waals surface area contributed by atoms with Gasteiger partial charge in [-0.2, -0.15) is 0 Å². The van der Waals surface area contributed by atoms with E-state index in [2.05, 4.69) is 15.0 Å². The first kappa shape index (κ1) is 20.9. The molecule has 0 bridgehead atoms. The maximum absolute atomic E-state index is 14.5. The van der Waals surface area contributed by atoms with Gasteiger partial charge in [0.2, 0.25) is 0 Å². The molecule has 5 aromatic rings. The molecule has 0 aliphatic heterocycles. The number of aromatic nitrogens is 3. The van der Waals surface area contributed by atoms with Crippen LogP contribution in [0.4, 0.5) is 4.39 Å². The predicted molar refractivity (Wildman–Crippen MR) is 128 cm³/mol. The molecule has 0 atom stereocenters. The number of halogens is 1. The summed E-state index contributed by atoms with van der Waals surface area (Å²) in [6.45, 7) is 6.00. The molecule has 6 nitrogen and oxygen atoms in total. The van der Waals surface area contributed by atoms with E-state index in [-0.39, 0.29) is 11.6 Å². The van der Waals surface area contributed by atoms with Crippen LogP contribution in [0, 0.1) is 12.7 Å². The maximum Gasteiger partial charge on any atom is 0.352 e. The molecule has 0 saturated heterocycles. The van der Waals surface area contributed by atoms with Crippen molar-refractivity contribution in [1.82, 2.24) is 15.0 Å². The van der Waals surface area contributed by atoms with Crippen LogP contribution in [0.15, 0.2) is 42.7 Å². The first-order valence-corrected chi connectivity index (χ1v) is 10.7. The van der Waals surface area contributed by atoms with Gasteiger partial charge in [0, 0.05) is 51.4 Å². The molecule has 5 rings (SSSR count). The van der Waals surface area contributed by atoms with Gasteiger partial charge in [-0.3, -0.25) is 0 Å². The van der Waals surface area contributed by atoms with Gasteiger partial charge < -0.3 is 24.8 Å². The number of carboxylic acids is 1. The molecule has 0 aliphatic carbocycles. The fourth-order valence-electron chi connectivity index (χ4n) is 4.81. The number of hydrogen-bond acceptors (Lipinski definition) is 2. The third-order valence-electron chi connectivity index (χ3n) is 6.19. The van der Waals surface area contributed by atoms with Gasteiger partial charge in [-0.1, -0.05) is 13.8 Å². The van der Waals surface area contributed by atoms with Gasteiger partial charge in [-0.25, -0.2) is 9.18 Å². The number of benzene rings is 2. The normalized spacial score (nSPS) is 11.7. The zero-order valence-corrected chi connectivity index (χ0v) is 18.8. The van der Waals surface area contributed by atoms with Crippen LogP contribution in [0.25, 0.3) is 44.2 Å². The number of aromatic carboxylic acids is 1. The number of ether oxygens (including phenoxy) is 1. The summed E-state index contributed by atoms with van der Waals surface area (Å²) in [6.07, 6.45) is 3.64. The minimum Gasteiger partial charge on any atom is -0.497 e. The molecule has 3 aromatic heterocycles. The van der Waals surface area contributed by atoms with Crippen molar-refractivity contribution < 1.29 is 19.0 Å². The Hall–Kier alpha value is -4.00. The predicted octanol–water partition coefficient (Wildman–Crippen LogP) is 6.59. The quantitative estimate of drug-likeness (QED) is 0.246. The summed E-state index contributed by atoms with van der Waals surface area (Å²) in [5, 5.41) is 11.9. The number of hydrogen-bond donors (Lipinski definition) is 4. The summed E-state index contributed by atoms with van der Waals surface area (Å²) >= 11 is 0. The van der Waals surface area contributed by atoms with Gasteiger partial charge in [0.05, 0.1) is 12.8 Å². The number of aryl methyl sites for hydroxylation is 1. The summed E-state index contributed by atoms with van der Waals surface area (Å²) in [7, 11) is 1.58. The van der Waals surface area contributed by atoms with Crippen molar-refractivity contribution >= 4 is 27.8 Å². The fraction of sp³-hybridized carbons (Fsp3) is 0.192. The standard InChI is InChI=1S/C26H24FN3O3/c1-12(2)21-23(18-9-15(33-4)10-20-22(18)13(3)11-29-20)25(26(31)32)30-24(21)17-7-14(27)8-19-16(17)5-6-28-19/h5-12,28-30H,1-4H3,(H,31,32). The molecule has 0 amide bonds. The second-order valence-electron chi connectivity index (χ2n) is 8.58. The highest BCUT2D eigenvalue weighted by Gasteiger charge is 2.28. The molecule has 0 spiro atoms. The fourth-order valence-corrected chi connectivity index (χ4v) is 4.81. The average molecular weight is 445 g/mol. The molecule has 0 saturated carbocycles. The number of carbonyl (C=O) groups is 1. The van der Waals surface area contributed by atoms with Gasteiger partial charge in [0.15, 0.2) is 0 Å². The van der Waals surface area contributed by atoms with Crippen molar-refractivity contribution in [2.45, 2.75) is 26.7 Å². The van der Waals surface area contributed by atoms with E-state index in [0.717, 1.165) is 33.0 Å². The lowest BCUT2D eigenvalue weighted by Crippen LogP contribution is -2.01. The van der Waals surface area contributed by atoms with Crippen LogP contribution in [-0.2, 0) is 0 Å². The molecule has 0 unspecified atom stereocenters. The van der Waals surface area contributed by atoms with E-state index in [0.29, 0.717) is 28.1 Å². The van der Waals surface area contributed by atoms with Gasteiger partial charge in [0.1, 0.15) is 17.3 Å². The molecule has 168 valence electrons. The molecule has 3 heterocycles. The van der Waals surface area contributed by atoms with Crippen molar-refractivity contribution in [3.63, 3.8) is 0 Å². The zero-order chi connectivity index (χ0) is 23.4. The monoisotopic (exact) mass is 445 g/mol. The molecule has 2 aromatic carbocycles. The number of methoxy groups -OCH3 is 1. The largest absolute Gasteiger partial charge is 0.497 e. The molecular formula is C26H24FN3O3. The molecular weight excluding hydrogens is 421 g/mol. The Balaban J connectivity index is 1.94. The summed E-state index contributed by atoms with van der Waals surface area (Å²) in [5.41, 5.74) is 5.95. The molecule has 0 aliphatic rings. The Bertz CT molecular complexity index is 1540. The van der Waals surface area contributed by atoms with Gasteiger partial charge in [-0.15, -0.1) is 0 Å². The number of nitrogens with one attached hydrogen (secondary N) is 3. The number of H-pyrrole nitrogens is 3. The molecule has 33 heavy (non-hydrogen) atoms. The van der Waals surface area contributed by atoms with Crippen LogP contribution >= 0.6 is 0 Å². The van der Waals surface area contributed by atoms with Crippen LogP contribution in [0.2, 0.25) is 0 Å². The Morgan fingerprint density at radius 3 is 2.58 bits per heavy atom. The lowest BCUT2D eigenvalue weighted by molar-refractivity contribution is 0.0692. The van der Waals surface area contributed by atoms with Crippen molar-refractivity contribution in [1.29, 1.82) is 0 Å². The number of aromatic amines is 3. The topological polar surface area (TPSA) is 93.9 Å². The Morgan fingerprint density at radius 2 is 1.88 bits per heavy atom. The molecule has 0 fully saturated rings. The highest BCUT2D eigenvalue weighted by molar-refractivity contribution is 6.08. The van der Waals surface area contributed by atoms with E-state index in [9.17, 15) is 14.3 Å².